The first-order valence-electron chi connectivity index (χ1n) is 6.32. The number of thioether (sulfide) groups is 1. The van der Waals surface area contributed by atoms with Crippen LogP contribution in [0.4, 0.5) is 21.7 Å². The number of halogens is 1. The van der Waals surface area contributed by atoms with E-state index in [2.05, 4.69) is 20.6 Å². The van der Waals surface area contributed by atoms with Gasteiger partial charge in [0.15, 0.2) is 5.16 Å². The number of aryl methyl sites for hydroxylation is 1. The highest BCUT2D eigenvalue weighted by atomic mass is 32.2. The van der Waals surface area contributed by atoms with E-state index < -0.39 is 0 Å². The number of hydrogen-bond acceptors (Lipinski definition) is 5. The SMILES string of the molecule is CCNc1cc(Nc2cc(C)ccc2F)nc(SC)n1. The van der Waals surface area contributed by atoms with Gasteiger partial charge in [-0.1, -0.05) is 17.8 Å². The lowest BCUT2D eigenvalue weighted by atomic mass is 10.2. The zero-order valence-electron chi connectivity index (χ0n) is 11.7. The molecule has 6 heteroatoms. The second-order valence-corrected chi connectivity index (χ2v) is 5.04. The van der Waals surface area contributed by atoms with E-state index in [1.807, 2.05) is 20.1 Å². The van der Waals surface area contributed by atoms with Gasteiger partial charge in [-0.3, -0.25) is 0 Å². The molecular weight excluding hydrogens is 275 g/mol. The lowest BCUT2D eigenvalue weighted by Gasteiger charge is -2.11. The van der Waals surface area contributed by atoms with Crippen LogP contribution in [0.3, 0.4) is 0 Å². The van der Waals surface area contributed by atoms with Crippen LogP contribution in [0.25, 0.3) is 0 Å². The molecule has 2 N–H and O–H groups in total. The molecule has 0 aliphatic carbocycles. The topological polar surface area (TPSA) is 49.8 Å². The Labute approximate surface area is 122 Å². The first-order valence-corrected chi connectivity index (χ1v) is 7.55. The minimum absolute atomic E-state index is 0.301. The van der Waals surface area contributed by atoms with Crippen LogP contribution >= 0.6 is 11.8 Å². The Morgan fingerprint density at radius 3 is 2.65 bits per heavy atom. The molecule has 0 radical (unpaired) electrons. The average Bonchev–Trinajstić information content (AvgIpc) is 2.43. The fraction of sp³-hybridized carbons (Fsp3) is 0.286. The number of benzene rings is 1. The summed E-state index contributed by atoms with van der Waals surface area (Å²) in [6, 6.07) is 6.70. The summed E-state index contributed by atoms with van der Waals surface area (Å²) in [5.74, 6) is 0.997. The predicted octanol–water partition coefficient (Wildman–Crippen LogP) is 3.82. The molecule has 0 saturated carbocycles. The molecule has 1 aromatic heterocycles. The zero-order valence-corrected chi connectivity index (χ0v) is 12.5. The van der Waals surface area contributed by atoms with Crippen LogP contribution in [0.2, 0.25) is 0 Å². The van der Waals surface area contributed by atoms with Gasteiger partial charge in [-0.25, -0.2) is 14.4 Å². The highest BCUT2D eigenvalue weighted by molar-refractivity contribution is 7.98. The molecule has 0 saturated heterocycles. The number of nitrogens with zero attached hydrogens (tertiary/aromatic N) is 2. The van der Waals surface area contributed by atoms with Gasteiger partial charge in [0, 0.05) is 12.6 Å². The van der Waals surface area contributed by atoms with Crippen LogP contribution in [0.5, 0.6) is 0 Å². The van der Waals surface area contributed by atoms with Crippen LogP contribution in [0.1, 0.15) is 12.5 Å². The van der Waals surface area contributed by atoms with E-state index in [1.54, 1.807) is 18.2 Å². The maximum absolute atomic E-state index is 13.8. The van der Waals surface area contributed by atoms with Crippen molar-refractivity contribution in [2.24, 2.45) is 0 Å². The summed E-state index contributed by atoms with van der Waals surface area (Å²) in [5, 5.41) is 6.78. The van der Waals surface area contributed by atoms with Crippen LogP contribution in [-0.2, 0) is 0 Å². The molecule has 0 aliphatic heterocycles. The van der Waals surface area contributed by atoms with Gasteiger partial charge in [0.2, 0.25) is 0 Å². The molecule has 0 unspecified atom stereocenters. The van der Waals surface area contributed by atoms with Crippen molar-refractivity contribution >= 4 is 29.1 Å². The maximum atomic E-state index is 13.8. The van der Waals surface area contributed by atoms with E-state index in [4.69, 9.17) is 0 Å². The first kappa shape index (κ1) is 14.6. The Hall–Kier alpha value is -1.82. The molecule has 0 atom stereocenters. The first-order chi connectivity index (χ1) is 9.62. The molecule has 2 rings (SSSR count). The highest BCUT2D eigenvalue weighted by Crippen LogP contribution is 2.23. The third kappa shape index (κ3) is 3.60. The Morgan fingerprint density at radius 1 is 1.20 bits per heavy atom. The largest absolute Gasteiger partial charge is 0.370 e. The minimum Gasteiger partial charge on any atom is -0.370 e. The number of rotatable bonds is 5. The molecule has 0 spiro atoms. The Morgan fingerprint density at radius 2 is 1.95 bits per heavy atom. The van der Waals surface area contributed by atoms with Gasteiger partial charge in [-0.15, -0.1) is 0 Å². The minimum atomic E-state index is -0.301. The van der Waals surface area contributed by atoms with Gasteiger partial charge in [0.25, 0.3) is 0 Å². The van der Waals surface area contributed by atoms with Crippen molar-refractivity contribution in [3.8, 4) is 0 Å². The second kappa shape index (κ2) is 6.56. The summed E-state index contributed by atoms with van der Waals surface area (Å²) >= 11 is 1.44. The van der Waals surface area contributed by atoms with Crippen LogP contribution in [0.15, 0.2) is 29.4 Å². The maximum Gasteiger partial charge on any atom is 0.191 e. The van der Waals surface area contributed by atoms with Crippen molar-refractivity contribution in [3.05, 3.63) is 35.6 Å². The predicted molar refractivity (Wildman–Crippen MR) is 82.4 cm³/mol. The molecule has 20 heavy (non-hydrogen) atoms. The van der Waals surface area contributed by atoms with Crippen molar-refractivity contribution < 1.29 is 4.39 Å². The number of nitrogens with one attached hydrogen (secondary N) is 2. The average molecular weight is 292 g/mol. The van der Waals surface area contributed by atoms with Crippen molar-refractivity contribution in [3.63, 3.8) is 0 Å². The fourth-order valence-electron chi connectivity index (χ4n) is 1.73. The monoisotopic (exact) mass is 292 g/mol. The molecule has 106 valence electrons. The van der Waals surface area contributed by atoms with Gasteiger partial charge in [-0.05, 0) is 37.8 Å². The molecule has 0 fully saturated rings. The standard InChI is InChI=1S/C14H17FN4S/c1-4-16-12-8-13(19-14(18-12)20-3)17-11-7-9(2)5-6-10(11)15/h5-8H,4H2,1-3H3,(H2,16,17,18,19). The van der Waals surface area contributed by atoms with E-state index in [0.29, 0.717) is 16.7 Å². The van der Waals surface area contributed by atoms with E-state index in [-0.39, 0.29) is 5.82 Å². The van der Waals surface area contributed by atoms with E-state index in [9.17, 15) is 4.39 Å². The van der Waals surface area contributed by atoms with Crippen LogP contribution in [-0.4, -0.2) is 22.8 Å². The molecule has 0 aliphatic rings. The van der Waals surface area contributed by atoms with E-state index in [1.165, 1.54) is 17.8 Å². The lowest BCUT2D eigenvalue weighted by molar-refractivity contribution is 0.631. The number of aromatic nitrogens is 2. The summed E-state index contributed by atoms with van der Waals surface area (Å²) in [5.41, 5.74) is 1.40. The Balaban J connectivity index is 2.32. The quantitative estimate of drug-likeness (QED) is 0.648. The van der Waals surface area contributed by atoms with Gasteiger partial charge >= 0.3 is 0 Å². The van der Waals surface area contributed by atoms with E-state index in [0.717, 1.165) is 17.9 Å². The van der Waals surface area contributed by atoms with Crippen molar-refractivity contribution in [2.45, 2.75) is 19.0 Å². The summed E-state index contributed by atoms with van der Waals surface area (Å²) < 4.78 is 13.8. The van der Waals surface area contributed by atoms with Gasteiger partial charge in [0.1, 0.15) is 17.5 Å². The van der Waals surface area contributed by atoms with Gasteiger partial charge < -0.3 is 10.6 Å². The van der Waals surface area contributed by atoms with Crippen molar-refractivity contribution in [2.75, 3.05) is 23.4 Å². The van der Waals surface area contributed by atoms with Crippen molar-refractivity contribution in [1.82, 2.24) is 9.97 Å². The normalized spacial score (nSPS) is 10.4. The Bertz CT molecular complexity index is 604. The number of hydrogen-bond donors (Lipinski definition) is 2. The molecule has 2 aromatic rings. The Kier molecular flexibility index (Phi) is 4.79. The smallest absolute Gasteiger partial charge is 0.191 e. The molecular formula is C14H17FN4S. The second-order valence-electron chi connectivity index (χ2n) is 4.26. The van der Waals surface area contributed by atoms with Crippen molar-refractivity contribution in [1.29, 1.82) is 0 Å². The van der Waals surface area contributed by atoms with E-state index >= 15 is 0 Å². The third-order valence-corrected chi connectivity index (χ3v) is 3.18. The third-order valence-electron chi connectivity index (χ3n) is 2.63. The molecule has 0 amide bonds. The lowest BCUT2D eigenvalue weighted by Crippen LogP contribution is -2.04. The molecule has 1 aromatic carbocycles. The summed E-state index contributed by atoms with van der Waals surface area (Å²) in [7, 11) is 0. The highest BCUT2D eigenvalue weighted by Gasteiger charge is 2.07. The molecule has 0 bridgehead atoms. The molecule has 4 nitrogen and oxygen atoms in total. The van der Waals surface area contributed by atoms with Gasteiger partial charge in [-0.2, -0.15) is 0 Å². The van der Waals surface area contributed by atoms with Crippen LogP contribution < -0.4 is 10.6 Å². The zero-order chi connectivity index (χ0) is 14.5. The van der Waals surface area contributed by atoms with Gasteiger partial charge in [0.05, 0.1) is 5.69 Å². The summed E-state index contributed by atoms with van der Waals surface area (Å²) in [6.45, 7) is 4.68. The number of anilines is 3. The molecule has 1 heterocycles. The summed E-state index contributed by atoms with van der Waals surface area (Å²) in [6.07, 6.45) is 1.90. The fourth-order valence-corrected chi connectivity index (χ4v) is 2.10. The van der Waals surface area contributed by atoms with Crippen LogP contribution in [0, 0.1) is 12.7 Å². The summed E-state index contributed by atoms with van der Waals surface area (Å²) in [4.78, 5) is 8.66.